The van der Waals surface area contributed by atoms with Gasteiger partial charge in [-0.05, 0) is 24.3 Å². The van der Waals surface area contributed by atoms with Gasteiger partial charge in [0.15, 0.2) is 0 Å². The molecule has 0 atom stereocenters. The third kappa shape index (κ3) is 3.49. The van der Waals surface area contributed by atoms with Crippen LogP contribution in [0.25, 0.3) is 0 Å². The number of ether oxygens (including phenoxy) is 1. The van der Waals surface area contributed by atoms with Crippen LogP contribution in [0.3, 0.4) is 0 Å². The number of primary amides is 1. The van der Waals surface area contributed by atoms with E-state index in [9.17, 15) is 9.59 Å². The molecule has 2 rings (SSSR count). The number of anilines is 1. The Morgan fingerprint density at radius 2 is 1.45 bits per heavy atom. The van der Waals surface area contributed by atoms with E-state index in [0.717, 1.165) is 0 Å². The van der Waals surface area contributed by atoms with Crippen LogP contribution in [-0.4, -0.2) is 12.2 Å². The van der Waals surface area contributed by atoms with E-state index in [1.165, 1.54) is 0 Å². The Morgan fingerprint density at radius 1 is 0.900 bits per heavy atom. The van der Waals surface area contributed by atoms with Crippen molar-refractivity contribution in [1.82, 2.24) is 0 Å². The van der Waals surface area contributed by atoms with E-state index in [4.69, 9.17) is 10.5 Å². The molecule has 0 heterocycles. The molecule has 0 saturated heterocycles. The smallest absolute Gasteiger partial charge is 0.408 e. The molecule has 6 heteroatoms. The highest BCUT2D eigenvalue weighted by atomic mass is 16.8. The first-order valence-corrected chi connectivity index (χ1v) is 5.76. The highest BCUT2D eigenvalue weighted by Crippen LogP contribution is 2.17. The van der Waals surface area contributed by atoms with Crippen molar-refractivity contribution in [2.75, 3.05) is 5.06 Å². The molecule has 2 amide bonds. The Kier molecular flexibility index (Phi) is 4.18. The highest BCUT2D eigenvalue weighted by Gasteiger charge is 2.21. The van der Waals surface area contributed by atoms with Gasteiger partial charge in [-0.25, -0.2) is 9.59 Å². The summed E-state index contributed by atoms with van der Waals surface area (Å²) in [5.74, 6) is 0.325. The molecular formula is C14H12N2O4. The molecule has 0 saturated carbocycles. The van der Waals surface area contributed by atoms with Crippen LogP contribution in [0, 0.1) is 0 Å². The molecule has 2 aromatic carbocycles. The van der Waals surface area contributed by atoms with Gasteiger partial charge in [0.1, 0.15) is 5.75 Å². The first kappa shape index (κ1) is 13.4. The average molecular weight is 272 g/mol. The second-order valence-electron chi connectivity index (χ2n) is 3.72. The lowest BCUT2D eigenvalue weighted by atomic mass is 10.3. The van der Waals surface area contributed by atoms with E-state index in [0.29, 0.717) is 16.5 Å². The standard InChI is InChI=1S/C14H12N2O4/c15-13(17)20-16(11-7-3-1-4-8-11)14(18)19-12-9-5-2-6-10-12/h1-10H,(H2,15,17). The average Bonchev–Trinajstić information content (AvgIpc) is 2.46. The van der Waals surface area contributed by atoms with Gasteiger partial charge in [-0.1, -0.05) is 36.4 Å². The van der Waals surface area contributed by atoms with Gasteiger partial charge in [0, 0.05) is 0 Å². The minimum atomic E-state index is -1.11. The quantitative estimate of drug-likeness (QED) is 0.852. The molecule has 0 fully saturated rings. The van der Waals surface area contributed by atoms with Crippen molar-refractivity contribution in [2.45, 2.75) is 0 Å². The zero-order chi connectivity index (χ0) is 14.4. The van der Waals surface area contributed by atoms with Crippen LogP contribution in [0.4, 0.5) is 15.3 Å². The molecule has 0 radical (unpaired) electrons. The minimum Gasteiger partial charge on any atom is -0.408 e. The fourth-order valence-electron chi connectivity index (χ4n) is 1.48. The van der Waals surface area contributed by atoms with Crippen molar-refractivity contribution in [3.63, 3.8) is 0 Å². The van der Waals surface area contributed by atoms with Crippen LogP contribution in [0.15, 0.2) is 60.7 Å². The topological polar surface area (TPSA) is 81.9 Å². The summed E-state index contributed by atoms with van der Waals surface area (Å²) in [6.45, 7) is 0. The third-order valence-corrected chi connectivity index (χ3v) is 2.29. The molecule has 0 aliphatic heterocycles. The van der Waals surface area contributed by atoms with Crippen LogP contribution in [-0.2, 0) is 4.84 Å². The van der Waals surface area contributed by atoms with Crippen molar-refractivity contribution in [2.24, 2.45) is 5.73 Å². The monoisotopic (exact) mass is 272 g/mol. The summed E-state index contributed by atoms with van der Waals surface area (Å²) in [4.78, 5) is 27.6. The predicted octanol–water partition coefficient (Wildman–Crippen LogP) is 2.70. The van der Waals surface area contributed by atoms with Crippen LogP contribution in [0.2, 0.25) is 0 Å². The summed E-state index contributed by atoms with van der Waals surface area (Å²) < 4.78 is 5.09. The third-order valence-electron chi connectivity index (χ3n) is 2.29. The van der Waals surface area contributed by atoms with Gasteiger partial charge in [-0.2, -0.15) is 0 Å². The minimum absolute atomic E-state index is 0.325. The van der Waals surface area contributed by atoms with E-state index in [-0.39, 0.29) is 0 Å². The summed E-state index contributed by atoms with van der Waals surface area (Å²) >= 11 is 0. The Hall–Kier alpha value is -3.02. The maximum atomic E-state index is 12.0. The second kappa shape index (κ2) is 6.24. The van der Waals surface area contributed by atoms with E-state index in [2.05, 4.69) is 4.84 Å². The molecule has 0 aliphatic carbocycles. The maximum absolute atomic E-state index is 12.0. The molecule has 2 aromatic rings. The normalized spacial score (nSPS) is 9.60. The summed E-state index contributed by atoms with van der Waals surface area (Å²) in [7, 11) is 0. The highest BCUT2D eigenvalue weighted by molar-refractivity contribution is 5.89. The fraction of sp³-hybridized carbons (Fsp3) is 0. The molecular weight excluding hydrogens is 260 g/mol. The Labute approximate surface area is 115 Å². The molecule has 0 unspecified atom stereocenters. The van der Waals surface area contributed by atoms with Crippen LogP contribution < -0.4 is 15.5 Å². The van der Waals surface area contributed by atoms with Gasteiger partial charge >= 0.3 is 12.2 Å². The van der Waals surface area contributed by atoms with Crippen molar-refractivity contribution in [1.29, 1.82) is 0 Å². The molecule has 0 aliphatic rings. The van der Waals surface area contributed by atoms with Crippen molar-refractivity contribution in [3.05, 3.63) is 60.7 Å². The second-order valence-corrected chi connectivity index (χ2v) is 3.72. The molecule has 102 valence electrons. The summed E-state index contributed by atoms with van der Waals surface area (Å²) in [5, 5.41) is 0.690. The Balaban J connectivity index is 2.18. The summed E-state index contributed by atoms with van der Waals surface area (Å²) in [6, 6.07) is 16.7. The molecule has 2 N–H and O–H groups in total. The van der Waals surface area contributed by atoms with Crippen LogP contribution in [0.5, 0.6) is 5.75 Å². The van der Waals surface area contributed by atoms with E-state index in [1.807, 2.05) is 0 Å². The van der Waals surface area contributed by atoms with Crippen molar-refractivity contribution >= 4 is 17.9 Å². The molecule has 0 bridgehead atoms. The van der Waals surface area contributed by atoms with Gasteiger partial charge in [-0.15, -0.1) is 5.06 Å². The number of amides is 2. The molecule has 0 spiro atoms. The number of hydroxylamine groups is 1. The molecule has 6 nitrogen and oxygen atoms in total. The zero-order valence-corrected chi connectivity index (χ0v) is 10.4. The van der Waals surface area contributed by atoms with Gasteiger partial charge < -0.3 is 15.3 Å². The number of benzene rings is 2. The predicted molar refractivity (Wildman–Crippen MR) is 72.1 cm³/mol. The summed E-state index contributed by atoms with van der Waals surface area (Å²) in [6.07, 6.45) is -1.99. The lowest BCUT2D eigenvalue weighted by Gasteiger charge is -2.19. The van der Waals surface area contributed by atoms with Gasteiger partial charge in [0.05, 0.1) is 5.69 Å². The zero-order valence-electron chi connectivity index (χ0n) is 10.4. The van der Waals surface area contributed by atoms with Crippen molar-refractivity contribution in [3.8, 4) is 5.75 Å². The SMILES string of the molecule is NC(=O)ON(C(=O)Oc1ccccc1)c1ccccc1. The van der Waals surface area contributed by atoms with Crippen molar-refractivity contribution < 1.29 is 19.2 Å². The van der Waals surface area contributed by atoms with Gasteiger partial charge in [-0.3, -0.25) is 0 Å². The number of hydrogen-bond donors (Lipinski definition) is 1. The number of nitrogens with two attached hydrogens (primary N) is 1. The van der Waals surface area contributed by atoms with Crippen LogP contribution in [0.1, 0.15) is 0 Å². The van der Waals surface area contributed by atoms with Gasteiger partial charge in [0.25, 0.3) is 0 Å². The molecule has 0 aromatic heterocycles. The lowest BCUT2D eigenvalue weighted by molar-refractivity contribution is 0.128. The largest absolute Gasteiger partial charge is 0.453 e. The van der Waals surface area contributed by atoms with E-state index in [1.54, 1.807) is 60.7 Å². The maximum Gasteiger partial charge on any atom is 0.453 e. The number of para-hydroxylation sites is 2. The van der Waals surface area contributed by atoms with Gasteiger partial charge in [0.2, 0.25) is 0 Å². The number of nitrogens with zero attached hydrogens (tertiary/aromatic N) is 1. The summed E-state index contributed by atoms with van der Waals surface area (Å²) in [5.41, 5.74) is 5.28. The van der Waals surface area contributed by atoms with E-state index >= 15 is 0 Å². The number of rotatable bonds is 2. The van der Waals surface area contributed by atoms with E-state index < -0.39 is 12.2 Å². The lowest BCUT2D eigenvalue weighted by Crippen LogP contribution is -2.37. The molecule has 20 heavy (non-hydrogen) atoms. The number of hydrogen-bond acceptors (Lipinski definition) is 4. The number of carbonyl (C=O) groups is 2. The Morgan fingerprint density at radius 3 is 2.00 bits per heavy atom. The first-order valence-electron chi connectivity index (χ1n) is 5.76. The first-order chi connectivity index (χ1) is 9.66. The fourth-order valence-corrected chi connectivity index (χ4v) is 1.48. The Bertz CT molecular complexity index is 587. The number of carbonyl (C=O) groups excluding carboxylic acids is 2. The van der Waals surface area contributed by atoms with Crippen LogP contribution >= 0.6 is 0 Å².